The van der Waals surface area contributed by atoms with Crippen LogP contribution in [0.25, 0.3) is 11.1 Å². The fourth-order valence-corrected chi connectivity index (χ4v) is 2.41. The SMILES string of the molecule is CCOC(=O)C(Cl)c1ccc(-c2ccc(I)cc2)cc1. The number of ether oxygens (including phenoxy) is 1. The van der Waals surface area contributed by atoms with Crippen LogP contribution in [-0.2, 0) is 9.53 Å². The van der Waals surface area contributed by atoms with E-state index in [2.05, 4.69) is 46.9 Å². The normalized spacial score (nSPS) is 11.9. The van der Waals surface area contributed by atoms with E-state index < -0.39 is 11.3 Å². The summed E-state index contributed by atoms with van der Waals surface area (Å²) >= 11 is 8.35. The van der Waals surface area contributed by atoms with Crippen LogP contribution in [0.4, 0.5) is 0 Å². The molecule has 2 aromatic carbocycles. The van der Waals surface area contributed by atoms with Gasteiger partial charge in [0.25, 0.3) is 0 Å². The van der Waals surface area contributed by atoms with Gasteiger partial charge in [-0.15, -0.1) is 11.6 Å². The summed E-state index contributed by atoms with van der Waals surface area (Å²) in [7, 11) is 0. The van der Waals surface area contributed by atoms with Crippen LogP contribution in [-0.4, -0.2) is 12.6 Å². The van der Waals surface area contributed by atoms with Crippen molar-refractivity contribution in [2.75, 3.05) is 6.61 Å². The third-order valence-corrected chi connectivity index (χ3v) is 4.02. The summed E-state index contributed by atoms with van der Waals surface area (Å²) < 4.78 is 6.11. The van der Waals surface area contributed by atoms with Crippen LogP contribution in [0.5, 0.6) is 0 Å². The second-order valence-corrected chi connectivity index (χ2v) is 5.93. The molecule has 104 valence electrons. The van der Waals surface area contributed by atoms with E-state index in [1.165, 1.54) is 3.57 Å². The summed E-state index contributed by atoms with van der Waals surface area (Å²) in [5.74, 6) is -0.406. The van der Waals surface area contributed by atoms with Crippen LogP contribution in [0.2, 0.25) is 0 Å². The van der Waals surface area contributed by atoms with Gasteiger partial charge < -0.3 is 4.74 Å². The van der Waals surface area contributed by atoms with Crippen molar-refractivity contribution in [1.82, 2.24) is 0 Å². The molecule has 4 heteroatoms. The van der Waals surface area contributed by atoms with Crippen molar-refractivity contribution in [3.8, 4) is 11.1 Å². The molecule has 0 amide bonds. The Morgan fingerprint density at radius 1 is 1.10 bits per heavy atom. The molecule has 2 aromatic rings. The van der Waals surface area contributed by atoms with E-state index >= 15 is 0 Å². The van der Waals surface area contributed by atoms with Crippen molar-refractivity contribution in [2.45, 2.75) is 12.3 Å². The molecular formula is C16H14ClIO2. The fraction of sp³-hybridized carbons (Fsp3) is 0.188. The molecule has 2 nitrogen and oxygen atoms in total. The van der Waals surface area contributed by atoms with E-state index in [1.54, 1.807) is 6.92 Å². The molecule has 0 N–H and O–H groups in total. The lowest BCUT2D eigenvalue weighted by atomic mass is 10.0. The van der Waals surface area contributed by atoms with Gasteiger partial charge in [-0.2, -0.15) is 0 Å². The highest BCUT2D eigenvalue weighted by molar-refractivity contribution is 14.1. The second-order valence-electron chi connectivity index (χ2n) is 4.24. The predicted octanol–water partition coefficient (Wildman–Crippen LogP) is 4.80. The Hall–Kier alpha value is -1.07. The molecule has 0 spiro atoms. The molecule has 0 saturated heterocycles. The number of esters is 1. The highest BCUT2D eigenvalue weighted by Crippen LogP contribution is 2.26. The smallest absolute Gasteiger partial charge is 0.328 e. The number of carbonyl (C=O) groups is 1. The highest BCUT2D eigenvalue weighted by atomic mass is 127. The number of hydrogen-bond acceptors (Lipinski definition) is 2. The zero-order valence-corrected chi connectivity index (χ0v) is 13.9. The molecule has 0 aliphatic heterocycles. The van der Waals surface area contributed by atoms with Crippen molar-refractivity contribution in [3.05, 3.63) is 57.7 Å². The van der Waals surface area contributed by atoms with E-state index in [0.29, 0.717) is 6.61 Å². The largest absolute Gasteiger partial charge is 0.465 e. The molecule has 1 unspecified atom stereocenters. The number of halogens is 2. The molecule has 0 heterocycles. The van der Waals surface area contributed by atoms with Crippen molar-refractivity contribution in [2.24, 2.45) is 0 Å². The highest BCUT2D eigenvalue weighted by Gasteiger charge is 2.18. The predicted molar refractivity (Wildman–Crippen MR) is 89.8 cm³/mol. The molecule has 0 aromatic heterocycles. The van der Waals surface area contributed by atoms with Crippen molar-refractivity contribution >= 4 is 40.2 Å². The van der Waals surface area contributed by atoms with Gasteiger partial charge >= 0.3 is 5.97 Å². The summed E-state index contributed by atoms with van der Waals surface area (Å²) in [5, 5.41) is -0.749. The van der Waals surface area contributed by atoms with Gasteiger partial charge in [-0.3, -0.25) is 4.79 Å². The maximum Gasteiger partial charge on any atom is 0.328 e. The first kappa shape index (κ1) is 15.3. The van der Waals surface area contributed by atoms with Gasteiger partial charge in [-0.25, -0.2) is 0 Å². The van der Waals surface area contributed by atoms with Crippen LogP contribution >= 0.6 is 34.2 Å². The molecule has 0 fully saturated rings. The van der Waals surface area contributed by atoms with Gasteiger partial charge in [-0.1, -0.05) is 36.4 Å². The average molecular weight is 401 g/mol. The van der Waals surface area contributed by atoms with Crippen molar-refractivity contribution in [1.29, 1.82) is 0 Å². The van der Waals surface area contributed by atoms with Gasteiger partial charge in [0, 0.05) is 3.57 Å². The quantitative estimate of drug-likeness (QED) is 0.419. The summed E-state index contributed by atoms with van der Waals surface area (Å²) in [6, 6.07) is 15.9. The zero-order valence-electron chi connectivity index (χ0n) is 11.0. The first-order valence-corrected chi connectivity index (χ1v) is 7.80. The topological polar surface area (TPSA) is 26.3 Å². The number of alkyl halides is 1. The molecule has 0 bridgehead atoms. The third kappa shape index (κ3) is 3.73. The minimum absolute atomic E-state index is 0.336. The molecule has 20 heavy (non-hydrogen) atoms. The first-order valence-electron chi connectivity index (χ1n) is 6.28. The van der Waals surface area contributed by atoms with Gasteiger partial charge in [0.2, 0.25) is 0 Å². The first-order chi connectivity index (χ1) is 9.61. The number of carbonyl (C=O) groups excluding carboxylic acids is 1. The summed E-state index contributed by atoms with van der Waals surface area (Å²) in [6.07, 6.45) is 0. The lowest BCUT2D eigenvalue weighted by molar-refractivity contribution is -0.142. The second kappa shape index (κ2) is 7.09. The zero-order chi connectivity index (χ0) is 14.5. The third-order valence-electron chi connectivity index (χ3n) is 2.87. The maximum atomic E-state index is 11.6. The molecule has 0 aliphatic rings. The molecule has 0 radical (unpaired) electrons. The van der Waals surface area contributed by atoms with Crippen LogP contribution in [0.15, 0.2) is 48.5 Å². The van der Waals surface area contributed by atoms with E-state index in [-0.39, 0.29) is 0 Å². The van der Waals surface area contributed by atoms with E-state index in [0.717, 1.165) is 16.7 Å². The molecular weight excluding hydrogens is 387 g/mol. The van der Waals surface area contributed by atoms with E-state index in [4.69, 9.17) is 16.3 Å². The Morgan fingerprint density at radius 2 is 1.60 bits per heavy atom. The Morgan fingerprint density at radius 3 is 2.10 bits per heavy atom. The lowest BCUT2D eigenvalue weighted by Gasteiger charge is -2.10. The van der Waals surface area contributed by atoms with Crippen molar-refractivity contribution < 1.29 is 9.53 Å². The molecule has 0 saturated carbocycles. The van der Waals surface area contributed by atoms with Gasteiger partial charge in [0.05, 0.1) is 6.61 Å². The monoisotopic (exact) mass is 400 g/mol. The molecule has 1 atom stereocenters. The van der Waals surface area contributed by atoms with Crippen LogP contribution in [0.3, 0.4) is 0 Å². The Labute approximate surface area is 137 Å². The Bertz CT molecular complexity index is 578. The van der Waals surface area contributed by atoms with E-state index in [9.17, 15) is 4.79 Å². The summed E-state index contributed by atoms with van der Waals surface area (Å²) in [4.78, 5) is 11.6. The Balaban J connectivity index is 2.17. The average Bonchev–Trinajstić information content (AvgIpc) is 2.48. The van der Waals surface area contributed by atoms with Gasteiger partial charge in [0.1, 0.15) is 0 Å². The number of hydrogen-bond donors (Lipinski definition) is 0. The van der Waals surface area contributed by atoms with Gasteiger partial charge in [-0.05, 0) is 58.3 Å². The Kier molecular flexibility index (Phi) is 5.43. The van der Waals surface area contributed by atoms with E-state index in [1.807, 2.05) is 24.3 Å². The number of rotatable bonds is 4. The number of benzene rings is 2. The fourth-order valence-electron chi connectivity index (χ4n) is 1.84. The minimum atomic E-state index is -0.749. The maximum absolute atomic E-state index is 11.6. The summed E-state index contributed by atoms with van der Waals surface area (Å²) in [6.45, 7) is 2.10. The van der Waals surface area contributed by atoms with Crippen molar-refractivity contribution in [3.63, 3.8) is 0 Å². The summed E-state index contributed by atoms with van der Waals surface area (Å²) in [5.41, 5.74) is 2.98. The lowest BCUT2D eigenvalue weighted by Crippen LogP contribution is -2.10. The molecule has 0 aliphatic carbocycles. The standard InChI is InChI=1S/C16H14ClIO2/c1-2-20-16(19)15(17)13-5-3-11(4-6-13)12-7-9-14(18)10-8-12/h3-10,15H,2H2,1H3. The van der Waals surface area contributed by atoms with Gasteiger partial charge in [0.15, 0.2) is 5.38 Å². The van der Waals surface area contributed by atoms with Crippen LogP contribution < -0.4 is 0 Å². The minimum Gasteiger partial charge on any atom is -0.465 e. The van der Waals surface area contributed by atoms with Crippen LogP contribution in [0.1, 0.15) is 17.9 Å². The van der Waals surface area contributed by atoms with Crippen LogP contribution in [0, 0.1) is 3.57 Å². The molecule has 2 rings (SSSR count).